The lowest BCUT2D eigenvalue weighted by Crippen LogP contribution is -2.56. The molecule has 1 aromatic rings. The van der Waals surface area contributed by atoms with Crippen molar-refractivity contribution < 1.29 is 23.1 Å². The van der Waals surface area contributed by atoms with Crippen molar-refractivity contribution in [2.45, 2.75) is 37.8 Å². The number of hydrogen-bond acceptors (Lipinski definition) is 3. The zero-order valence-corrected chi connectivity index (χ0v) is 13.3. The SMILES string of the molecule is CN(C(=O)c1cc(Cl)ccc1OC(F)F)C1(C(N)=O)CCCC1. The van der Waals surface area contributed by atoms with Gasteiger partial charge in [0.25, 0.3) is 5.91 Å². The topological polar surface area (TPSA) is 72.6 Å². The summed E-state index contributed by atoms with van der Waals surface area (Å²) in [4.78, 5) is 25.8. The molecule has 0 spiro atoms. The van der Waals surface area contributed by atoms with Crippen LogP contribution in [0.3, 0.4) is 0 Å². The minimum atomic E-state index is -3.08. The van der Waals surface area contributed by atoms with Gasteiger partial charge in [-0.25, -0.2) is 0 Å². The van der Waals surface area contributed by atoms with Crippen LogP contribution in [0, 0.1) is 0 Å². The predicted octanol–water partition coefficient (Wildman–Crippen LogP) is 2.81. The van der Waals surface area contributed by atoms with Gasteiger partial charge < -0.3 is 15.4 Å². The maximum Gasteiger partial charge on any atom is 0.387 e. The lowest BCUT2D eigenvalue weighted by molar-refractivity contribution is -0.127. The van der Waals surface area contributed by atoms with Gasteiger partial charge in [-0.2, -0.15) is 8.78 Å². The molecule has 1 aliphatic rings. The van der Waals surface area contributed by atoms with E-state index in [0.717, 1.165) is 12.8 Å². The van der Waals surface area contributed by atoms with Crippen LogP contribution in [0.2, 0.25) is 5.02 Å². The summed E-state index contributed by atoms with van der Waals surface area (Å²) in [6, 6.07) is 3.78. The van der Waals surface area contributed by atoms with E-state index >= 15 is 0 Å². The van der Waals surface area contributed by atoms with E-state index in [0.29, 0.717) is 12.8 Å². The number of amides is 2. The number of carbonyl (C=O) groups is 2. The highest BCUT2D eigenvalue weighted by atomic mass is 35.5. The molecule has 8 heteroatoms. The fraction of sp³-hybridized carbons (Fsp3) is 0.467. The summed E-state index contributed by atoms with van der Waals surface area (Å²) in [7, 11) is 1.44. The van der Waals surface area contributed by atoms with Crippen LogP contribution in [0.4, 0.5) is 8.78 Å². The summed E-state index contributed by atoms with van der Waals surface area (Å²) in [5.41, 5.74) is 4.25. The Morgan fingerprint density at radius 3 is 2.48 bits per heavy atom. The molecule has 2 amide bonds. The monoisotopic (exact) mass is 346 g/mol. The molecule has 126 valence electrons. The lowest BCUT2D eigenvalue weighted by atomic mass is 9.93. The lowest BCUT2D eigenvalue weighted by Gasteiger charge is -2.36. The normalized spacial score (nSPS) is 16.4. The van der Waals surface area contributed by atoms with Gasteiger partial charge in [0.1, 0.15) is 11.3 Å². The third kappa shape index (κ3) is 3.39. The van der Waals surface area contributed by atoms with Crippen LogP contribution >= 0.6 is 11.6 Å². The average Bonchev–Trinajstić information content (AvgIpc) is 2.98. The van der Waals surface area contributed by atoms with Gasteiger partial charge in [0, 0.05) is 12.1 Å². The quantitative estimate of drug-likeness (QED) is 0.891. The number of benzene rings is 1. The van der Waals surface area contributed by atoms with Gasteiger partial charge in [-0.15, -0.1) is 0 Å². The number of rotatable bonds is 5. The summed E-state index contributed by atoms with van der Waals surface area (Å²) < 4.78 is 29.4. The molecule has 0 heterocycles. The molecular weight excluding hydrogens is 330 g/mol. The van der Waals surface area contributed by atoms with Gasteiger partial charge in [-0.3, -0.25) is 9.59 Å². The van der Waals surface area contributed by atoms with Gasteiger partial charge >= 0.3 is 6.61 Å². The molecule has 0 aliphatic heterocycles. The summed E-state index contributed by atoms with van der Waals surface area (Å²) in [5.74, 6) is -1.54. The zero-order valence-electron chi connectivity index (χ0n) is 12.5. The molecule has 0 atom stereocenters. The van der Waals surface area contributed by atoms with Crippen LogP contribution in [-0.4, -0.2) is 35.9 Å². The van der Waals surface area contributed by atoms with Crippen molar-refractivity contribution in [2.75, 3.05) is 7.05 Å². The van der Waals surface area contributed by atoms with Crippen molar-refractivity contribution >= 4 is 23.4 Å². The molecule has 2 rings (SSSR count). The molecule has 0 bridgehead atoms. The van der Waals surface area contributed by atoms with Crippen molar-refractivity contribution in [3.05, 3.63) is 28.8 Å². The van der Waals surface area contributed by atoms with Gasteiger partial charge in [0.2, 0.25) is 5.91 Å². The minimum absolute atomic E-state index is 0.132. The largest absolute Gasteiger partial charge is 0.434 e. The second kappa shape index (κ2) is 6.70. The van der Waals surface area contributed by atoms with Gasteiger partial charge in [0.05, 0.1) is 5.56 Å². The van der Waals surface area contributed by atoms with Gasteiger partial charge in [0.15, 0.2) is 0 Å². The van der Waals surface area contributed by atoms with Crippen molar-refractivity contribution in [3.8, 4) is 5.75 Å². The second-order valence-electron chi connectivity index (χ2n) is 5.49. The molecule has 0 unspecified atom stereocenters. The van der Waals surface area contributed by atoms with E-state index < -0.39 is 24.0 Å². The Hall–Kier alpha value is -1.89. The Kier molecular flexibility index (Phi) is 5.09. The van der Waals surface area contributed by atoms with E-state index in [1.54, 1.807) is 0 Å². The number of likely N-dealkylation sites (N-methyl/N-ethyl adjacent to an activating group) is 1. The van der Waals surface area contributed by atoms with Crippen molar-refractivity contribution in [1.29, 1.82) is 0 Å². The number of nitrogens with zero attached hydrogens (tertiary/aromatic N) is 1. The standard InChI is InChI=1S/C15H17ClF2N2O3/c1-20(15(13(19)22)6-2-3-7-15)12(21)10-8-9(16)4-5-11(10)23-14(17)18/h4-5,8,14H,2-3,6-7H2,1H3,(H2,19,22). The first kappa shape index (κ1) is 17.5. The third-order valence-electron chi connectivity index (χ3n) is 4.22. The molecule has 1 saturated carbocycles. The molecule has 23 heavy (non-hydrogen) atoms. The Balaban J connectivity index is 2.39. The van der Waals surface area contributed by atoms with Crippen LogP contribution in [0.5, 0.6) is 5.75 Å². The van der Waals surface area contributed by atoms with Gasteiger partial charge in [-0.05, 0) is 31.0 Å². The molecular formula is C15H17ClF2N2O3. The molecule has 0 radical (unpaired) electrons. The smallest absolute Gasteiger partial charge is 0.387 e. The van der Waals surface area contributed by atoms with Crippen LogP contribution < -0.4 is 10.5 Å². The zero-order chi connectivity index (χ0) is 17.2. The van der Waals surface area contributed by atoms with Crippen LogP contribution in [-0.2, 0) is 4.79 Å². The number of halogens is 3. The van der Waals surface area contributed by atoms with Crippen LogP contribution in [0.15, 0.2) is 18.2 Å². The molecule has 1 fully saturated rings. The highest BCUT2D eigenvalue weighted by Crippen LogP contribution is 2.36. The highest BCUT2D eigenvalue weighted by Gasteiger charge is 2.46. The van der Waals surface area contributed by atoms with Crippen LogP contribution in [0.1, 0.15) is 36.0 Å². The molecule has 1 aliphatic carbocycles. The Labute approximate surface area is 137 Å². The van der Waals surface area contributed by atoms with E-state index in [1.165, 1.54) is 30.1 Å². The summed E-state index contributed by atoms with van der Waals surface area (Å²) in [5, 5.41) is 0.197. The Morgan fingerprint density at radius 2 is 1.96 bits per heavy atom. The average molecular weight is 347 g/mol. The molecule has 5 nitrogen and oxygen atoms in total. The Morgan fingerprint density at radius 1 is 1.35 bits per heavy atom. The van der Waals surface area contributed by atoms with E-state index in [1.807, 2.05) is 0 Å². The number of carbonyl (C=O) groups excluding carboxylic acids is 2. The minimum Gasteiger partial charge on any atom is -0.434 e. The van der Waals surface area contributed by atoms with Gasteiger partial charge in [-0.1, -0.05) is 24.4 Å². The van der Waals surface area contributed by atoms with Crippen molar-refractivity contribution in [1.82, 2.24) is 4.90 Å². The number of hydrogen-bond donors (Lipinski definition) is 1. The highest BCUT2D eigenvalue weighted by molar-refractivity contribution is 6.31. The number of ether oxygens (including phenoxy) is 1. The van der Waals surface area contributed by atoms with E-state index in [-0.39, 0.29) is 16.3 Å². The first-order valence-corrected chi connectivity index (χ1v) is 7.48. The maximum absolute atomic E-state index is 12.7. The first-order valence-electron chi connectivity index (χ1n) is 7.10. The summed E-state index contributed by atoms with van der Waals surface area (Å²) in [6.07, 6.45) is 2.40. The second-order valence-corrected chi connectivity index (χ2v) is 5.92. The molecule has 0 aromatic heterocycles. The van der Waals surface area contributed by atoms with Crippen molar-refractivity contribution in [3.63, 3.8) is 0 Å². The first-order chi connectivity index (χ1) is 10.8. The fourth-order valence-electron chi connectivity index (χ4n) is 2.95. The fourth-order valence-corrected chi connectivity index (χ4v) is 3.12. The molecule has 1 aromatic carbocycles. The summed E-state index contributed by atoms with van der Waals surface area (Å²) >= 11 is 5.85. The Bertz CT molecular complexity index is 619. The van der Waals surface area contributed by atoms with Crippen molar-refractivity contribution in [2.24, 2.45) is 5.73 Å². The number of primary amides is 1. The molecule has 0 saturated heterocycles. The maximum atomic E-state index is 12.7. The number of nitrogens with two attached hydrogens (primary N) is 1. The van der Waals surface area contributed by atoms with Crippen LogP contribution in [0.25, 0.3) is 0 Å². The van der Waals surface area contributed by atoms with E-state index in [2.05, 4.69) is 4.74 Å². The predicted molar refractivity (Wildman–Crippen MR) is 80.6 cm³/mol. The van der Waals surface area contributed by atoms with E-state index in [9.17, 15) is 18.4 Å². The molecule has 2 N–H and O–H groups in total. The number of alkyl halides is 2. The summed E-state index contributed by atoms with van der Waals surface area (Å²) in [6.45, 7) is -3.08. The third-order valence-corrected chi connectivity index (χ3v) is 4.46. The van der Waals surface area contributed by atoms with E-state index in [4.69, 9.17) is 17.3 Å².